The molecule has 0 aliphatic carbocycles. The van der Waals surface area contributed by atoms with Crippen LogP contribution in [0.3, 0.4) is 0 Å². The van der Waals surface area contributed by atoms with Crippen molar-refractivity contribution in [2.24, 2.45) is 0 Å². The van der Waals surface area contributed by atoms with Crippen LogP contribution < -0.4 is 10.1 Å². The lowest BCUT2D eigenvalue weighted by molar-refractivity contribution is -0.139. The number of nitrogens with one attached hydrogen (secondary N) is 1. The molecule has 42 heavy (non-hydrogen) atoms. The van der Waals surface area contributed by atoms with Gasteiger partial charge in [0.1, 0.15) is 35.4 Å². The van der Waals surface area contributed by atoms with Gasteiger partial charge in [-0.05, 0) is 29.8 Å². The third-order valence-corrected chi connectivity index (χ3v) is 8.97. The maximum atomic E-state index is 14.0. The topological polar surface area (TPSA) is 110 Å². The molecule has 216 valence electrons. The summed E-state index contributed by atoms with van der Waals surface area (Å²) in [5.41, 5.74) is 1.62. The summed E-state index contributed by atoms with van der Waals surface area (Å²) < 4.78 is 71.0. The SMILES string of the molecule is O=S1(=O)CCN(Cc2nc(-c3cc4c(Nc5ccc(OCc6ccccc6)c(C(F)(F)F)c5)ncnc4cn3)cs2)C1. The zero-order chi connectivity index (χ0) is 29.3. The minimum absolute atomic E-state index is 0.00150. The highest BCUT2D eigenvalue weighted by molar-refractivity contribution is 7.91. The second-order valence-corrected chi connectivity index (χ2v) is 12.8. The molecule has 0 unspecified atom stereocenters. The average molecular weight is 613 g/mol. The van der Waals surface area contributed by atoms with Gasteiger partial charge in [0.05, 0.1) is 41.0 Å². The number of thiazole rings is 1. The van der Waals surface area contributed by atoms with Crippen LogP contribution in [0.25, 0.3) is 22.3 Å². The molecule has 1 saturated heterocycles. The van der Waals surface area contributed by atoms with E-state index in [0.29, 0.717) is 41.2 Å². The van der Waals surface area contributed by atoms with Crippen LogP contribution >= 0.6 is 11.3 Å². The predicted octanol–water partition coefficient (Wildman–Crippen LogP) is 5.68. The number of pyridine rings is 1. The van der Waals surface area contributed by atoms with Crippen molar-refractivity contribution in [2.45, 2.75) is 19.3 Å². The molecule has 0 amide bonds. The molecule has 5 aromatic rings. The van der Waals surface area contributed by atoms with E-state index in [1.807, 2.05) is 16.3 Å². The molecule has 6 rings (SSSR count). The van der Waals surface area contributed by atoms with Crippen LogP contribution in [-0.4, -0.2) is 51.4 Å². The Morgan fingerprint density at radius 3 is 2.62 bits per heavy atom. The first kappa shape index (κ1) is 28.0. The number of sulfone groups is 1. The molecule has 2 aromatic carbocycles. The third kappa shape index (κ3) is 6.35. The van der Waals surface area contributed by atoms with Crippen LogP contribution in [0.1, 0.15) is 16.1 Å². The first-order chi connectivity index (χ1) is 20.1. The molecule has 0 radical (unpaired) electrons. The Kier molecular flexibility index (Phi) is 7.51. The fourth-order valence-corrected chi connectivity index (χ4v) is 6.79. The maximum Gasteiger partial charge on any atom is 0.420 e. The molecule has 4 heterocycles. The molecule has 1 aliphatic heterocycles. The average Bonchev–Trinajstić information content (AvgIpc) is 3.58. The molecule has 0 atom stereocenters. The summed E-state index contributed by atoms with van der Waals surface area (Å²) in [6.45, 7) is 0.881. The molecule has 14 heteroatoms. The van der Waals surface area contributed by atoms with E-state index in [4.69, 9.17) is 4.74 Å². The maximum absolute atomic E-state index is 14.0. The Morgan fingerprint density at radius 2 is 1.86 bits per heavy atom. The molecular weight excluding hydrogens is 589 g/mol. The quantitative estimate of drug-likeness (QED) is 0.237. The van der Waals surface area contributed by atoms with Crippen molar-refractivity contribution in [1.82, 2.24) is 24.8 Å². The molecule has 3 aromatic heterocycles. The molecule has 1 fully saturated rings. The second-order valence-electron chi connectivity index (χ2n) is 9.67. The second kappa shape index (κ2) is 11.3. The van der Waals surface area contributed by atoms with Gasteiger partial charge in [-0.1, -0.05) is 30.3 Å². The van der Waals surface area contributed by atoms with Gasteiger partial charge in [-0.2, -0.15) is 13.2 Å². The highest BCUT2D eigenvalue weighted by Crippen LogP contribution is 2.39. The Labute approximate surface area is 243 Å². The molecule has 0 bridgehead atoms. The van der Waals surface area contributed by atoms with E-state index in [9.17, 15) is 21.6 Å². The lowest BCUT2D eigenvalue weighted by Gasteiger charge is -2.16. The van der Waals surface area contributed by atoms with Crippen molar-refractivity contribution in [3.05, 3.63) is 88.6 Å². The number of hydrogen-bond acceptors (Lipinski definition) is 10. The van der Waals surface area contributed by atoms with Gasteiger partial charge < -0.3 is 10.1 Å². The Bertz CT molecular complexity index is 1850. The summed E-state index contributed by atoms with van der Waals surface area (Å²) >= 11 is 1.40. The molecule has 1 aliphatic rings. The van der Waals surface area contributed by atoms with Gasteiger partial charge in [0, 0.05) is 23.0 Å². The fraction of sp³-hybridized carbons (Fsp3) is 0.214. The number of aromatic nitrogens is 4. The lowest BCUT2D eigenvalue weighted by Crippen LogP contribution is -2.20. The van der Waals surface area contributed by atoms with Gasteiger partial charge in [-0.15, -0.1) is 11.3 Å². The Hall–Kier alpha value is -4.14. The number of ether oxygens (including phenoxy) is 1. The van der Waals surface area contributed by atoms with Crippen molar-refractivity contribution in [2.75, 3.05) is 23.5 Å². The van der Waals surface area contributed by atoms with Gasteiger partial charge >= 0.3 is 6.18 Å². The standard InChI is InChI=1S/C28H23F3N6O3S2/c29-28(30,31)21-10-19(6-7-25(21)40-14-18-4-2-1-3-5-18)35-27-20-11-22(32-12-23(20)33-16-34-27)24-15-41-26(36-24)13-37-8-9-42(38,39)17-37/h1-7,10-12,15-16H,8-9,13-14,17H2,(H,33,34,35). The van der Waals surface area contributed by atoms with Crippen LogP contribution in [0, 0.1) is 0 Å². The highest BCUT2D eigenvalue weighted by Gasteiger charge is 2.35. The van der Waals surface area contributed by atoms with Crippen molar-refractivity contribution in [3.8, 4) is 17.1 Å². The van der Waals surface area contributed by atoms with Gasteiger partial charge in [0.15, 0.2) is 9.84 Å². The van der Waals surface area contributed by atoms with Crippen LogP contribution in [0.4, 0.5) is 24.7 Å². The van der Waals surface area contributed by atoms with Crippen LogP contribution in [-0.2, 0) is 29.2 Å². The fourth-order valence-electron chi connectivity index (χ4n) is 4.52. The number of fused-ring (bicyclic) bond motifs is 1. The Morgan fingerprint density at radius 1 is 1.02 bits per heavy atom. The number of hydrogen-bond donors (Lipinski definition) is 1. The number of anilines is 2. The third-order valence-electron chi connectivity index (χ3n) is 6.58. The largest absolute Gasteiger partial charge is 0.488 e. The van der Waals surface area contributed by atoms with Gasteiger partial charge in [0.2, 0.25) is 0 Å². The van der Waals surface area contributed by atoms with E-state index in [0.717, 1.165) is 16.6 Å². The zero-order valence-electron chi connectivity index (χ0n) is 21.9. The molecule has 1 N–H and O–H groups in total. The number of alkyl halides is 3. The molecule has 0 spiro atoms. The van der Waals surface area contributed by atoms with Crippen molar-refractivity contribution >= 4 is 43.6 Å². The van der Waals surface area contributed by atoms with Gasteiger partial charge in [-0.25, -0.2) is 23.4 Å². The number of rotatable bonds is 8. The normalized spacial score (nSPS) is 15.2. The minimum Gasteiger partial charge on any atom is -0.488 e. The highest BCUT2D eigenvalue weighted by atomic mass is 32.2. The molecular formula is C28H23F3N6O3S2. The van der Waals surface area contributed by atoms with E-state index in [1.165, 1.54) is 29.8 Å². The van der Waals surface area contributed by atoms with E-state index in [1.54, 1.807) is 36.5 Å². The number of nitrogens with zero attached hydrogens (tertiary/aromatic N) is 5. The van der Waals surface area contributed by atoms with Crippen molar-refractivity contribution < 1.29 is 26.3 Å². The van der Waals surface area contributed by atoms with Gasteiger partial charge in [0.25, 0.3) is 0 Å². The molecule has 9 nitrogen and oxygen atoms in total. The van der Waals surface area contributed by atoms with E-state index >= 15 is 0 Å². The Balaban J connectivity index is 1.25. The zero-order valence-corrected chi connectivity index (χ0v) is 23.5. The first-order valence-corrected chi connectivity index (χ1v) is 15.5. The van der Waals surface area contributed by atoms with Crippen molar-refractivity contribution in [1.29, 1.82) is 0 Å². The number of halogens is 3. The lowest BCUT2D eigenvalue weighted by atomic mass is 10.1. The predicted molar refractivity (Wildman–Crippen MR) is 153 cm³/mol. The van der Waals surface area contributed by atoms with Crippen LogP contribution in [0.5, 0.6) is 5.75 Å². The first-order valence-electron chi connectivity index (χ1n) is 12.8. The summed E-state index contributed by atoms with van der Waals surface area (Å²) in [6.07, 6.45) is -1.79. The summed E-state index contributed by atoms with van der Waals surface area (Å²) in [6, 6.07) is 14.4. The smallest absolute Gasteiger partial charge is 0.420 e. The van der Waals surface area contributed by atoms with Crippen LogP contribution in [0.15, 0.2) is 72.5 Å². The van der Waals surface area contributed by atoms with E-state index in [-0.39, 0.29) is 29.7 Å². The van der Waals surface area contributed by atoms with Crippen molar-refractivity contribution in [3.63, 3.8) is 0 Å². The minimum atomic E-state index is -4.64. The van der Waals surface area contributed by atoms with E-state index in [2.05, 4.69) is 25.3 Å². The summed E-state index contributed by atoms with van der Waals surface area (Å²) in [5, 5.41) is 6.11. The summed E-state index contributed by atoms with van der Waals surface area (Å²) in [7, 11) is -3.04. The summed E-state index contributed by atoms with van der Waals surface area (Å²) in [4.78, 5) is 19.4. The van der Waals surface area contributed by atoms with E-state index < -0.39 is 21.6 Å². The summed E-state index contributed by atoms with van der Waals surface area (Å²) in [5.74, 6) is 0.175. The molecule has 0 saturated carbocycles. The van der Waals surface area contributed by atoms with Gasteiger partial charge in [-0.3, -0.25) is 9.88 Å². The monoisotopic (exact) mass is 612 g/mol. The van der Waals surface area contributed by atoms with Crippen LogP contribution in [0.2, 0.25) is 0 Å². The number of benzene rings is 2.